The Balaban J connectivity index is 0.000000793. The van der Waals surface area contributed by atoms with Crippen molar-refractivity contribution in [3.8, 4) is 5.75 Å². The molecule has 318 valence electrons. The fourth-order valence-electron chi connectivity index (χ4n) is 7.29. The van der Waals surface area contributed by atoms with Gasteiger partial charge in [0.1, 0.15) is 18.0 Å². The molecule has 3 amide bonds. The summed E-state index contributed by atoms with van der Waals surface area (Å²) in [7, 11) is 0. The fourth-order valence-corrected chi connectivity index (χ4v) is 7.29. The number of nitrogens with one attached hydrogen (secondary N) is 4. The van der Waals surface area contributed by atoms with Gasteiger partial charge in [-0.2, -0.15) is 23.1 Å². The van der Waals surface area contributed by atoms with Gasteiger partial charge in [0, 0.05) is 44.6 Å². The number of imidazole rings is 1. The first kappa shape index (κ1) is 43.1. The standard InChI is InChI=1S/C39H45N9O5.C2HF3O2/c1-2-32(50)44-30-19-31(35(52)34(30)51)48-23-42-33-36(40-21-29(25-11-5-3-6-12-25)26-13-7-4-8-14-26)45-38(46-37(33)48)47-17-16-27(22-47)43-39(53)41-20-24-10-9-15-28(49)18-24;3-2(4,5)1(6)7/h3-15,18,23,27,29-31,34-35,49,51-52H,2,16-17,19-22H2,1H3,(H,44,50)(H,40,45,46)(H2,41,43,53);(H,6,7)/t27-,30+,31-,34-,35+;/m1./s1. The predicted octanol–water partition coefficient (Wildman–Crippen LogP) is 4.05. The summed E-state index contributed by atoms with van der Waals surface area (Å²) in [5, 5.41) is 51.3. The number of hydrogen-bond acceptors (Lipinski definition) is 11. The van der Waals surface area contributed by atoms with Crippen molar-refractivity contribution in [2.75, 3.05) is 29.9 Å². The number of fused-ring (bicyclic) bond motifs is 1. The number of aromatic hydroxyl groups is 1. The van der Waals surface area contributed by atoms with E-state index in [9.17, 15) is 38.1 Å². The molecule has 0 unspecified atom stereocenters. The Kier molecular flexibility index (Phi) is 13.7. The van der Waals surface area contributed by atoms with Gasteiger partial charge < -0.3 is 51.2 Å². The van der Waals surface area contributed by atoms with Crippen LogP contribution < -0.4 is 26.2 Å². The number of carbonyl (C=O) groups excluding carboxylic acids is 2. The molecule has 2 aromatic heterocycles. The molecule has 60 heavy (non-hydrogen) atoms. The lowest BCUT2D eigenvalue weighted by Gasteiger charge is -2.22. The van der Waals surface area contributed by atoms with Crippen LogP contribution in [0.25, 0.3) is 11.2 Å². The number of aliphatic carboxylic acids is 1. The molecule has 1 aliphatic carbocycles. The van der Waals surface area contributed by atoms with Gasteiger partial charge in [0.05, 0.1) is 18.4 Å². The van der Waals surface area contributed by atoms with Crippen LogP contribution in [-0.2, 0) is 16.1 Å². The molecule has 7 rings (SSSR count). The summed E-state index contributed by atoms with van der Waals surface area (Å²) in [6.07, 6.45) is -4.58. The smallest absolute Gasteiger partial charge is 0.490 e. The molecular formula is C41H46F3N9O7. The van der Waals surface area contributed by atoms with Crippen LogP contribution in [-0.4, -0.2) is 108 Å². The number of halogens is 3. The maximum absolute atomic E-state index is 12.8. The SMILES string of the molecule is CCC(=O)N[C@H]1C[C@@H](n2cnc3c(NCC(c4ccccc4)c4ccccc4)nc(N4CC[C@@H](NC(=O)NCc5cccc(O)c5)C4)nc32)[C@H](O)[C@@H]1O.O=C(O)C(F)(F)F. The van der Waals surface area contributed by atoms with Gasteiger partial charge in [-0.05, 0) is 41.7 Å². The Morgan fingerprint density at radius 3 is 2.20 bits per heavy atom. The number of urea groups is 1. The number of benzene rings is 3. The van der Waals surface area contributed by atoms with E-state index in [1.54, 1.807) is 36.0 Å². The monoisotopic (exact) mass is 833 g/mol. The molecule has 19 heteroatoms. The third-order valence-corrected chi connectivity index (χ3v) is 10.4. The molecule has 0 bridgehead atoms. The van der Waals surface area contributed by atoms with Crippen LogP contribution in [0.2, 0.25) is 0 Å². The highest BCUT2D eigenvalue weighted by molar-refractivity contribution is 5.85. The Hall–Kier alpha value is -6.47. The predicted molar refractivity (Wildman–Crippen MR) is 214 cm³/mol. The van der Waals surface area contributed by atoms with Crippen molar-refractivity contribution in [3.05, 3.63) is 108 Å². The third kappa shape index (κ3) is 10.6. The van der Waals surface area contributed by atoms with Gasteiger partial charge in [-0.3, -0.25) is 4.79 Å². The number of rotatable bonds is 12. The molecule has 16 nitrogen and oxygen atoms in total. The number of carboxylic acids is 1. The van der Waals surface area contributed by atoms with Crippen molar-refractivity contribution in [3.63, 3.8) is 0 Å². The maximum Gasteiger partial charge on any atom is 0.490 e. The summed E-state index contributed by atoms with van der Waals surface area (Å²) >= 11 is 0. The molecule has 5 atom stereocenters. The van der Waals surface area contributed by atoms with E-state index < -0.39 is 36.4 Å². The zero-order chi connectivity index (χ0) is 43.0. The van der Waals surface area contributed by atoms with Gasteiger partial charge in [-0.25, -0.2) is 14.6 Å². The Labute approximate surface area is 342 Å². The number of anilines is 2. The summed E-state index contributed by atoms with van der Waals surface area (Å²) in [5.41, 5.74) is 4.05. The molecule has 2 fully saturated rings. The number of carbonyl (C=O) groups is 3. The minimum Gasteiger partial charge on any atom is -0.508 e. The van der Waals surface area contributed by atoms with Gasteiger partial charge in [-0.1, -0.05) is 79.7 Å². The number of aromatic nitrogens is 4. The van der Waals surface area contributed by atoms with Crippen molar-refractivity contribution in [1.29, 1.82) is 0 Å². The lowest BCUT2D eigenvalue weighted by molar-refractivity contribution is -0.192. The van der Waals surface area contributed by atoms with Crippen LogP contribution in [0.5, 0.6) is 5.75 Å². The van der Waals surface area contributed by atoms with Crippen LogP contribution >= 0.6 is 0 Å². The molecule has 3 heterocycles. The Morgan fingerprint density at radius 1 is 0.917 bits per heavy atom. The lowest BCUT2D eigenvalue weighted by atomic mass is 9.91. The average Bonchev–Trinajstić information content (AvgIpc) is 3.95. The number of alkyl halides is 3. The average molecular weight is 834 g/mol. The minimum absolute atomic E-state index is 0.00131. The van der Waals surface area contributed by atoms with E-state index in [-0.39, 0.29) is 42.6 Å². The third-order valence-electron chi connectivity index (χ3n) is 10.4. The van der Waals surface area contributed by atoms with E-state index in [0.717, 1.165) is 16.7 Å². The zero-order valence-electron chi connectivity index (χ0n) is 32.5. The van der Waals surface area contributed by atoms with Gasteiger partial charge in [0.2, 0.25) is 11.9 Å². The summed E-state index contributed by atoms with van der Waals surface area (Å²) in [6.45, 7) is 3.57. The molecule has 1 saturated heterocycles. The first-order chi connectivity index (χ1) is 28.7. The maximum atomic E-state index is 12.8. The molecule has 3 aromatic carbocycles. The summed E-state index contributed by atoms with van der Waals surface area (Å²) in [5.74, 6) is -1.87. The molecule has 0 spiro atoms. The van der Waals surface area contributed by atoms with Crippen LogP contribution in [0.4, 0.5) is 29.7 Å². The first-order valence-corrected chi connectivity index (χ1v) is 19.3. The van der Waals surface area contributed by atoms with E-state index in [4.69, 9.17) is 24.9 Å². The Morgan fingerprint density at radius 2 is 1.58 bits per heavy atom. The first-order valence-electron chi connectivity index (χ1n) is 19.3. The second-order valence-corrected chi connectivity index (χ2v) is 14.5. The fraction of sp³-hybridized carbons (Fsp3) is 0.366. The number of amides is 3. The summed E-state index contributed by atoms with van der Waals surface area (Å²) in [4.78, 5) is 50.6. The lowest BCUT2D eigenvalue weighted by Crippen LogP contribution is -2.43. The number of phenolic OH excluding ortho intramolecular Hbond substituents is 1. The number of aliphatic hydroxyl groups excluding tert-OH is 2. The normalized spacial score (nSPS) is 20.1. The van der Waals surface area contributed by atoms with Crippen LogP contribution in [0.1, 0.15) is 54.8 Å². The topological polar surface area (TPSA) is 227 Å². The number of hydrogen-bond donors (Lipinski definition) is 8. The van der Waals surface area contributed by atoms with Crippen molar-refractivity contribution >= 4 is 40.8 Å². The quantitative estimate of drug-likeness (QED) is 0.0892. The van der Waals surface area contributed by atoms with Gasteiger partial charge in [0.25, 0.3) is 0 Å². The molecule has 1 saturated carbocycles. The van der Waals surface area contributed by atoms with E-state index >= 15 is 0 Å². The summed E-state index contributed by atoms with van der Waals surface area (Å²) in [6, 6.07) is 25.5. The zero-order valence-corrected chi connectivity index (χ0v) is 32.5. The minimum atomic E-state index is -5.08. The second-order valence-electron chi connectivity index (χ2n) is 14.5. The molecule has 1 aliphatic heterocycles. The van der Waals surface area contributed by atoms with E-state index in [0.29, 0.717) is 55.4 Å². The number of carboxylic acid groups (broad SMARTS) is 1. The number of aliphatic hydroxyl groups is 2. The van der Waals surface area contributed by atoms with E-state index in [1.807, 2.05) is 47.4 Å². The van der Waals surface area contributed by atoms with Crippen molar-refractivity contribution in [2.24, 2.45) is 0 Å². The highest BCUT2D eigenvalue weighted by Gasteiger charge is 2.44. The molecule has 0 radical (unpaired) electrons. The summed E-state index contributed by atoms with van der Waals surface area (Å²) < 4.78 is 33.5. The Bertz CT molecular complexity index is 2210. The van der Waals surface area contributed by atoms with Gasteiger partial charge >= 0.3 is 18.2 Å². The van der Waals surface area contributed by atoms with E-state index in [1.165, 1.54) is 0 Å². The molecule has 5 aromatic rings. The van der Waals surface area contributed by atoms with Crippen molar-refractivity contribution < 1.29 is 48.0 Å². The largest absolute Gasteiger partial charge is 0.508 e. The van der Waals surface area contributed by atoms with Crippen molar-refractivity contribution in [1.82, 2.24) is 35.5 Å². The van der Waals surface area contributed by atoms with E-state index in [2.05, 4.69) is 45.5 Å². The van der Waals surface area contributed by atoms with Gasteiger partial charge in [0.15, 0.2) is 17.0 Å². The van der Waals surface area contributed by atoms with Crippen molar-refractivity contribution in [2.45, 2.75) is 75.2 Å². The van der Waals surface area contributed by atoms with Crippen LogP contribution in [0.3, 0.4) is 0 Å². The number of phenols is 1. The van der Waals surface area contributed by atoms with Crippen LogP contribution in [0, 0.1) is 0 Å². The molecule has 2 aliphatic rings. The molecular weight excluding hydrogens is 788 g/mol. The van der Waals surface area contributed by atoms with Gasteiger partial charge in [-0.15, -0.1) is 0 Å². The highest BCUT2D eigenvalue weighted by atomic mass is 19.4. The number of nitrogens with zero attached hydrogens (tertiary/aromatic N) is 5. The second kappa shape index (κ2) is 19.1. The molecule has 8 N–H and O–H groups in total. The van der Waals surface area contributed by atoms with Crippen LogP contribution in [0.15, 0.2) is 91.3 Å². The highest BCUT2D eigenvalue weighted by Crippen LogP contribution is 2.35.